The smallest absolute Gasteiger partial charge is 0.0481 e. The third-order valence-corrected chi connectivity index (χ3v) is 4.21. The first-order chi connectivity index (χ1) is 7.27. The van der Waals surface area contributed by atoms with Gasteiger partial charge >= 0.3 is 0 Å². The Morgan fingerprint density at radius 2 is 2.33 bits per heavy atom. The summed E-state index contributed by atoms with van der Waals surface area (Å²) < 4.78 is 1.20. The molecule has 2 heterocycles. The van der Waals surface area contributed by atoms with Crippen LogP contribution >= 0.6 is 15.9 Å². The van der Waals surface area contributed by atoms with Crippen molar-refractivity contribution in [1.29, 1.82) is 0 Å². The van der Waals surface area contributed by atoms with E-state index < -0.39 is 0 Å². The molecule has 2 atom stereocenters. The van der Waals surface area contributed by atoms with Crippen LogP contribution < -0.4 is 10.2 Å². The third-order valence-electron chi connectivity index (χ3n) is 3.72. The highest BCUT2D eigenvalue weighted by Gasteiger charge is 2.37. The van der Waals surface area contributed by atoms with Crippen molar-refractivity contribution in [2.75, 3.05) is 25.0 Å². The molecule has 0 radical (unpaired) electrons. The van der Waals surface area contributed by atoms with Crippen LogP contribution in [0.3, 0.4) is 0 Å². The van der Waals surface area contributed by atoms with Crippen molar-refractivity contribution in [2.24, 2.45) is 0 Å². The second-order valence-corrected chi connectivity index (χ2v) is 5.40. The fourth-order valence-corrected chi connectivity index (χ4v) is 3.31. The van der Waals surface area contributed by atoms with E-state index in [0.29, 0.717) is 6.04 Å². The number of rotatable bonds is 0. The van der Waals surface area contributed by atoms with Gasteiger partial charge in [-0.2, -0.15) is 0 Å². The van der Waals surface area contributed by atoms with E-state index in [-0.39, 0.29) is 0 Å². The van der Waals surface area contributed by atoms with Crippen LogP contribution in [0.15, 0.2) is 22.7 Å². The lowest BCUT2D eigenvalue weighted by Gasteiger charge is -2.31. The van der Waals surface area contributed by atoms with E-state index >= 15 is 0 Å². The standard InChI is InChI=1S/C12H15BrN2/c1-15-11-3-2-8(13)6-10(11)9-4-5-14-7-12(9)15/h2-3,6,9,12,14H,4-5,7H2,1H3. The van der Waals surface area contributed by atoms with Gasteiger partial charge in [0.1, 0.15) is 0 Å². The molecule has 1 N–H and O–H groups in total. The van der Waals surface area contributed by atoms with E-state index in [1.54, 1.807) is 0 Å². The molecule has 3 heteroatoms. The lowest BCUT2D eigenvalue weighted by Crippen LogP contribution is -2.44. The molecule has 3 rings (SSSR count). The number of nitrogens with zero attached hydrogens (tertiary/aromatic N) is 1. The number of piperidine rings is 1. The Morgan fingerprint density at radius 3 is 3.20 bits per heavy atom. The van der Waals surface area contributed by atoms with Crippen molar-refractivity contribution in [3.8, 4) is 0 Å². The van der Waals surface area contributed by atoms with Gasteiger partial charge in [-0.15, -0.1) is 0 Å². The van der Waals surface area contributed by atoms with Crippen LogP contribution in [0.25, 0.3) is 0 Å². The first kappa shape index (κ1) is 9.67. The molecule has 1 aromatic rings. The highest BCUT2D eigenvalue weighted by atomic mass is 79.9. The zero-order chi connectivity index (χ0) is 10.4. The maximum atomic E-state index is 3.57. The van der Waals surface area contributed by atoms with E-state index in [2.05, 4.69) is 51.4 Å². The van der Waals surface area contributed by atoms with E-state index in [1.807, 2.05) is 0 Å². The van der Waals surface area contributed by atoms with Gasteiger partial charge in [-0.25, -0.2) is 0 Å². The Bertz CT molecular complexity index is 391. The molecule has 2 unspecified atom stereocenters. The Kier molecular flexibility index (Phi) is 2.25. The topological polar surface area (TPSA) is 15.3 Å². The molecule has 2 aliphatic heterocycles. The third kappa shape index (κ3) is 1.41. The molecule has 1 aromatic carbocycles. The van der Waals surface area contributed by atoms with Gasteiger partial charge in [0, 0.05) is 35.7 Å². The van der Waals surface area contributed by atoms with Crippen LogP contribution in [0.1, 0.15) is 17.9 Å². The summed E-state index contributed by atoms with van der Waals surface area (Å²) in [5, 5.41) is 3.48. The van der Waals surface area contributed by atoms with E-state index in [4.69, 9.17) is 0 Å². The summed E-state index contributed by atoms with van der Waals surface area (Å²) >= 11 is 3.57. The van der Waals surface area contributed by atoms with E-state index in [9.17, 15) is 0 Å². The van der Waals surface area contributed by atoms with Gasteiger partial charge in [0.25, 0.3) is 0 Å². The first-order valence-electron chi connectivity index (χ1n) is 5.50. The molecule has 0 aliphatic carbocycles. The minimum absolute atomic E-state index is 0.656. The maximum absolute atomic E-state index is 3.57. The summed E-state index contributed by atoms with van der Waals surface area (Å²) in [6, 6.07) is 7.32. The molecule has 0 saturated carbocycles. The molecule has 0 bridgehead atoms. The van der Waals surface area contributed by atoms with Gasteiger partial charge in [-0.1, -0.05) is 15.9 Å². The normalized spacial score (nSPS) is 28.8. The molecule has 0 amide bonds. The lowest BCUT2D eigenvalue weighted by atomic mass is 9.89. The van der Waals surface area contributed by atoms with Crippen LogP contribution in [0.4, 0.5) is 5.69 Å². The molecule has 2 nitrogen and oxygen atoms in total. The molecule has 1 saturated heterocycles. The molecular formula is C12H15BrN2. The molecule has 0 aromatic heterocycles. The summed E-state index contributed by atoms with van der Waals surface area (Å²) in [5.74, 6) is 0.726. The number of hydrogen-bond donors (Lipinski definition) is 1. The minimum atomic E-state index is 0.656. The molecule has 2 aliphatic rings. The van der Waals surface area contributed by atoms with Crippen LogP contribution in [-0.4, -0.2) is 26.2 Å². The van der Waals surface area contributed by atoms with Gasteiger partial charge in [0.15, 0.2) is 0 Å². The summed E-state index contributed by atoms with van der Waals surface area (Å²) in [7, 11) is 2.21. The van der Waals surface area contributed by atoms with Gasteiger partial charge < -0.3 is 10.2 Å². The SMILES string of the molecule is CN1c2ccc(Br)cc2C2CCNCC21. The second kappa shape index (κ2) is 3.49. The molecule has 15 heavy (non-hydrogen) atoms. The van der Waals surface area contributed by atoms with Gasteiger partial charge in [0.2, 0.25) is 0 Å². The van der Waals surface area contributed by atoms with Crippen molar-refractivity contribution in [1.82, 2.24) is 5.32 Å². The van der Waals surface area contributed by atoms with Crippen molar-refractivity contribution < 1.29 is 0 Å². The Labute approximate surface area is 98.8 Å². The fourth-order valence-electron chi connectivity index (χ4n) is 2.93. The highest BCUT2D eigenvalue weighted by molar-refractivity contribution is 9.10. The highest BCUT2D eigenvalue weighted by Crippen LogP contribution is 2.43. The first-order valence-corrected chi connectivity index (χ1v) is 6.29. The van der Waals surface area contributed by atoms with Crippen LogP contribution in [-0.2, 0) is 0 Å². The average Bonchev–Trinajstić information content (AvgIpc) is 2.54. The Morgan fingerprint density at radius 1 is 1.47 bits per heavy atom. The number of likely N-dealkylation sites (N-methyl/N-ethyl adjacent to an activating group) is 1. The molecule has 80 valence electrons. The monoisotopic (exact) mass is 266 g/mol. The van der Waals surface area contributed by atoms with Gasteiger partial charge in [-0.05, 0) is 36.7 Å². The molecule has 1 fully saturated rings. The Balaban J connectivity index is 2.07. The van der Waals surface area contributed by atoms with Crippen molar-refractivity contribution in [3.63, 3.8) is 0 Å². The zero-order valence-corrected chi connectivity index (χ0v) is 10.4. The minimum Gasteiger partial charge on any atom is -0.369 e. The van der Waals surface area contributed by atoms with Crippen molar-refractivity contribution in [3.05, 3.63) is 28.2 Å². The summed E-state index contributed by atoms with van der Waals surface area (Å²) in [6.45, 7) is 2.27. The Hall–Kier alpha value is -0.540. The van der Waals surface area contributed by atoms with Crippen LogP contribution in [0, 0.1) is 0 Å². The largest absolute Gasteiger partial charge is 0.369 e. The second-order valence-electron chi connectivity index (χ2n) is 4.48. The molecular weight excluding hydrogens is 252 g/mol. The predicted octanol–water partition coefficient (Wildman–Crippen LogP) is 2.34. The van der Waals surface area contributed by atoms with Crippen molar-refractivity contribution in [2.45, 2.75) is 18.4 Å². The van der Waals surface area contributed by atoms with Crippen LogP contribution in [0.5, 0.6) is 0 Å². The lowest BCUT2D eigenvalue weighted by molar-refractivity contribution is 0.413. The quantitative estimate of drug-likeness (QED) is 0.776. The van der Waals surface area contributed by atoms with Gasteiger partial charge in [0.05, 0.1) is 0 Å². The number of fused-ring (bicyclic) bond motifs is 3. The van der Waals surface area contributed by atoms with Crippen molar-refractivity contribution >= 4 is 21.6 Å². The zero-order valence-electron chi connectivity index (χ0n) is 8.83. The summed E-state index contributed by atoms with van der Waals surface area (Å²) in [6.07, 6.45) is 1.26. The average molecular weight is 267 g/mol. The summed E-state index contributed by atoms with van der Waals surface area (Å²) in [4.78, 5) is 2.43. The van der Waals surface area contributed by atoms with Gasteiger partial charge in [-0.3, -0.25) is 0 Å². The predicted molar refractivity (Wildman–Crippen MR) is 66.6 cm³/mol. The van der Waals surface area contributed by atoms with E-state index in [1.165, 1.54) is 22.1 Å². The summed E-state index contributed by atoms with van der Waals surface area (Å²) in [5.41, 5.74) is 2.94. The number of halogens is 1. The number of nitrogens with one attached hydrogen (secondary N) is 1. The van der Waals surface area contributed by atoms with E-state index in [0.717, 1.165) is 19.0 Å². The maximum Gasteiger partial charge on any atom is 0.0481 e. The number of anilines is 1. The number of hydrogen-bond acceptors (Lipinski definition) is 2. The number of benzene rings is 1. The molecule has 0 spiro atoms. The van der Waals surface area contributed by atoms with Crippen LogP contribution in [0.2, 0.25) is 0 Å². The fraction of sp³-hybridized carbons (Fsp3) is 0.500.